The Bertz CT molecular complexity index is 306. The van der Waals surface area contributed by atoms with Crippen molar-refractivity contribution in [3.63, 3.8) is 0 Å². The minimum Gasteiger partial charge on any atom is -0.345 e. The summed E-state index contributed by atoms with van der Waals surface area (Å²) in [7, 11) is 0. The summed E-state index contributed by atoms with van der Waals surface area (Å²) >= 11 is 0. The van der Waals surface area contributed by atoms with Gasteiger partial charge in [0.2, 0.25) is 0 Å². The molecule has 0 fully saturated rings. The van der Waals surface area contributed by atoms with E-state index in [2.05, 4.69) is 0 Å². The third-order valence-electron chi connectivity index (χ3n) is 1.58. The molecule has 0 aromatic carbocycles. The summed E-state index contributed by atoms with van der Waals surface area (Å²) in [5.74, 6) is 0. The number of carbonyl (C=O) groups excluding carboxylic acids is 1. The molecule has 1 heterocycles. The number of nitriles is 1. The molecule has 0 saturated carbocycles. The Morgan fingerprint density at radius 1 is 1.82 bits per heavy atom. The van der Waals surface area contributed by atoms with Crippen molar-refractivity contribution >= 4 is 6.29 Å². The van der Waals surface area contributed by atoms with Gasteiger partial charge in [0.1, 0.15) is 6.07 Å². The van der Waals surface area contributed by atoms with E-state index in [1.807, 2.05) is 13.0 Å². The van der Waals surface area contributed by atoms with Crippen LogP contribution in [0.5, 0.6) is 0 Å². The lowest BCUT2D eigenvalue weighted by molar-refractivity contribution is 0.111. The zero-order valence-corrected chi connectivity index (χ0v) is 6.24. The molecule has 11 heavy (non-hydrogen) atoms. The van der Waals surface area contributed by atoms with E-state index in [9.17, 15) is 4.79 Å². The van der Waals surface area contributed by atoms with Crippen molar-refractivity contribution in [2.45, 2.75) is 13.5 Å². The van der Waals surface area contributed by atoms with E-state index in [0.717, 1.165) is 6.54 Å². The SMILES string of the molecule is CCn1ccc(C#N)c1C=O. The van der Waals surface area contributed by atoms with Gasteiger partial charge in [-0.15, -0.1) is 0 Å². The topological polar surface area (TPSA) is 45.8 Å². The van der Waals surface area contributed by atoms with Crippen LogP contribution in [0.4, 0.5) is 0 Å². The van der Waals surface area contributed by atoms with Crippen LogP contribution >= 0.6 is 0 Å². The highest BCUT2D eigenvalue weighted by atomic mass is 16.1. The van der Waals surface area contributed by atoms with Gasteiger partial charge in [-0.1, -0.05) is 0 Å². The number of nitrogens with zero attached hydrogens (tertiary/aromatic N) is 2. The van der Waals surface area contributed by atoms with Crippen LogP contribution in [0.25, 0.3) is 0 Å². The molecule has 0 radical (unpaired) electrons. The monoisotopic (exact) mass is 148 g/mol. The summed E-state index contributed by atoms with van der Waals surface area (Å²) < 4.78 is 1.74. The molecule has 1 aromatic heterocycles. The minimum atomic E-state index is 0.446. The molecule has 0 atom stereocenters. The molecule has 0 saturated heterocycles. The van der Waals surface area contributed by atoms with Gasteiger partial charge in [0.15, 0.2) is 6.29 Å². The molecule has 0 aliphatic heterocycles. The fourth-order valence-electron chi connectivity index (χ4n) is 0.986. The summed E-state index contributed by atoms with van der Waals surface area (Å²) in [6.45, 7) is 2.64. The van der Waals surface area contributed by atoms with Gasteiger partial charge in [0.05, 0.1) is 11.3 Å². The Balaban J connectivity index is 3.22. The van der Waals surface area contributed by atoms with E-state index < -0.39 is 0 Å². The third-order valence-corrected chi connectivity index (χ3v) is 1.58. The van der Waals surface area contributed by atoms with Crippen molar-refractivity contribution in [3.8, 4) is 6.07 Å². The number of rotatable bonds is 2. The van der Waals surface area contributed by atoms with Crippen LogP contribution in [-0.4, -0.2) is 10.9 Å². The highest BCUT2D eigenvalue weighted by molar-refractivity contribution is 5.76. The number of aldehydes is 1. The Kier molecular flexibility index (Phi) is 2.07. The maximum atomic E-state index is 10.5. The van der Waals surface area contributed by atoms with Gasteiger partial charge in [-0.2, -0.15) is 5.26 Å². The van der Waals surface area contributed by atoms with Crippen LogP contribution in [0.15, 0.2) is 12.3 Å². The predicted molar refractivity (Wildman–Crippen MR) is 40.2 cm³/mol. The quantitative estimate of drug-likeness (QED) is 0.591. The van der Waals surface area contributed by atoms with Gasteiger partial charge in [0.25, 0.3) is 0 Å². The van der Waals surface area contributed by atoms with Crippen molar-refractivity contribution in [3.05, 3.63) is 23.5 Å². The molecule has 56 valence electrons. The van der Waals surface area contributed by atoms with Crippen molar-refractivity contribution in [1.82, 2.24) is 4.57 Å². The highest BCUT2D eigenvalue weighted by Crippen LogP contribution is 2.06. The first-order chi connectivity index (χ1) is 5.33. The van der Waals surface area contributed by atoms with Crippen molar-refractivity contribution < 1.29 is 4.79 Å². The molecule has 0 aliphatic rings. The second kappa shape index (κ2) is 3.02. The summed E-state index contributed by atoms with van der Waals surface area (Å²) in [4.78, 5) is 10.5. The summed E-state index contributed by atoms with van der Waals surface area (Å²) in [5, 5.41) is 8.54. The first-order valence-electron chi connectivity index (χ1n) is 3.38. The lowest BCUT2D eigenvalue weighted by Gasteiger charge is -1.97. The summed E-state index contributed by atoms with van der Waals surface area (Å²) in [6, 6.07) is 3.60. The fourth-order valence-corrected chi connectivity index (χ4v) is 0.986. The average Bonchev–Trinajstić information content (AvgIpc) is 2.45. The second-order valence-corrected chi connectivity index (χ2v) is 2.13. The Hall–Kier alpha value is -1.56. The van der Waals surface area contributed by atoms with Crippen molar-refractivity contribution in [1.29, 1.82) is 5.26 Å². The van der Waals surface area contributed by atoms with Crippen LogP contribution in [-0.2, 0) is 6.54 Å². The molecule has 0 bridgehead atoms. The molecule has 0 N–H and O–H groups in total. The van der Waals surface area contributed by atoms with E-state index in [-0.39, 0.29) is 0 Å². The molecule has 1 aromatic rings. The lowest BCUT2D eigenvalue weighted by Crippen LogP contribution is -1.98. The Labute approximate surface area is 64.9 Å². The predicted octanol–water partition coefficient (Wildman–Crippen LogP) is 1.19. The number of aryl methyl sites for hydroxylation is 1. The lowest BCUT2D eigenvalue weighted by atomic mass is 10.3. The molecule has 0 spiro atoms. The molecule has 0 unspecified atom stereocenters. The fraction of sp³-hybridized carbons (Fsp3) is 0.250. The van der Waals surface area contributed by atoms with Crippen molar-refractivity contribution in [2.24, 2.45) is 0 Å². The Morgan fingerprint density at radius 2 is 2.55 bits per heavy atom. The van der Waals surface area contributed by atoms with E-state index in [1.54, 1.807) is 16.8 Å². The molecule has 3 nitrogen and oxygen atoms in total. The van der Waals surface area contributed by atoms with Gasteiger partial charge in [-0.3, -0.25) is 4.79 Å². The van der Waals surface area contributed by atoms with Crippen LogP contribution in [0.2, 0.25) is 0 Å². The number of hydrogen-bond acceptors (Lipinski definition) is 2. The minimum absolute atomic E-state index is 0.446. The molecule has 3 heteroatoms. The van der Waals surface area contributed by atoms with Gasteiger partial charge >= 0.3 is 0 Å². The van der Waals surface area contributed by atoms with Gasteiger partial charge in [-0.25, -0.2) is 0 Å². The first kappa shape index (κ1) is 7.55. The maximum Gasteiger partial charge on any atom is 0.167 e. The normalized spacial score (nSPS) is 9.09. The second-order valence-electron chi connectivity index (χ2n) is 2.13. The zero-order chi connectivity index (χ0) is 8.27. The van der Waals surface area contributed by atoms with E-state index >= 15 is 0 Å². The van der Waals surface area contributed by atoms with Gasteiger partial charge in [0, 0.05) is 12.7 Å². The zero-order valence-electron chi connectivity index (χ0n) is 6.24. The van der Waals surface area contributed by atoms with Crippen LogP contribution < -0.4 is 0 Å². The molecule has 1 rings (SSSR count). The molecule has 0 aliphatic carbocycles. The van der Waals surface area contributed by atoms with E-state index in [0.29, 0.717) is 17.5 Å². The van der Waals surface area contributed by atoms with Crippen LogP contribution in [0, 0.1) is 11.3 Å². The largest absolute Gasteiger partial charge is 0.345 e. The van der Waals surface area contributed by atoms with Crippen LogP contribution in [0.3, 0.4) is 0 Å². The highest BCUT2D eigenvalue weighted by Gasteiger charge is 2.04. The van der Waals surface area contributed by atoms with Crippen LogP contribution in [0.1, 0.15) is 23.0 Å². The standard InChI is InChI=1S/C8H8N2O/c1-2-10-4-3-7(5-9)8(10)6-11/h3-4,6H,2H2,1H3. The number of aromatic nitrogens is 1. The smallest absolute Gasteiger partial charge is 0.167 e. The summed E-state index contributed by atoms with van der Waals surface area (Å²) in [5.41, 5.74) is 0.914. The number of hydrogen-bond donors (Lipinski definition) is 0. The van der Waals surface area contributed by atoms with Gasteiger partial charge < -0.3 is 4.57 Å². The maximum absolute atomic E-state index is 10.5. The number of carbonyl (C=O) groups is 1. The van der Waals surface area contributed by atoms with E-state index in [1.165, 1.54) is 0 Å². The average molecular weight is 148 g/mol. The molecule has 0 amide bonds. The summed E-state index contributed by atoms with van der Waals surface area (Å²) in [6.07, 6.45) is 2.45. The third kappa shape index (κ3) is 1.15. The molecular weight excluding hydrogens is 140 g/mol. The van der Waals surface area contributed by atoms with Crippen molar-refractivity contribution in [2.75, 3.05) is 0 Å². The van der Waals surface area contributed by atoms with E-state index in [4.69, 9.17) is 5.26 Å². The first-order valence-corrected chi connectivity index (χ1v) is 3.38. The van der Waals surface area contributed by atoms with Gasteiger partial charge in [-0.05, 0) is 13.0 Å². The Morgan fingerprint density at radius 3 is 3.00 bits per heavy atom. The molecular formula is C8H8N2O.